The van der Waals surface area contributed by atoms with Gasteiger partial charge >= 0.3 is 5.30 Å². The summed E-state index contributed by atoms with van der Waals surface area (Å²) in [6.45, 7) is 4.05. The predicted octanol–water partition coefficient (Wildman–Crippen LogP) is 5.01. The van der Waals surface area contributed by atoms with Gasteiger partial charge in [-0.2, -0.15) is 0 Å². The van der Waals surface area contributed by atoms with Crippen LogP contribution in [0.4, 0.5) is 4.79 Å². The average Bonchev–Trinajstić information content (AvgIpc) is 2.28. The molecule has 1 aromatic rings. The molecule has 0 saturated carbocycles. The third-order valence-electron chi connectivity index (χ3n) is 2.61. The lowest BCUT2D eigenvalue weighted by Gasteiger charge is -2.19. The number of hydrogen-bond donors (Lipinski definition) is 1. The normalized spacial score (nSPS) is 14.0. The molecule has 0 N–H and O–H groups in total. The van der Waals surface area contributed by atoms with Crippen LogP contribution < -0.4 is 0 Å². The Morgan fingerprint density at radius 3 is 2.67 bits per heavy atom. The fourth-order valence-electron chi connectivity index (χ4n) is 1.90. The molecule has 5 heteroatoms. The first-order valence-corrected chi connectivity index (χ1v) is 8.74. The van der Waals surface area contributed by atoms with Crippen molar-refractivity contribution in [3.8, 4) is 0 Å². The smallest absolute Gasteiger partial charge is 0.364 e. The van der Waals surface area contributed by atoms with Crippen LogP contribution in [-0.2, 0) is 4.74 Å². The van der Waals surface area contributed by atoms with Gasteiger partial charge in [-0.05, 0) is 37.1 Å². The minimum atomic E-state index is -0.513. The minimum absolute atomic E-state index is 0.114. The second kappa shape index (κ2) is 8.02. The first-order chi connectivity index (χ1) is 8.54. The molecule has 100 valence electrons. The number of thiol groups is 1. The summed E-state index contributed by atoms with van der Waals surface area (Å²) in [7, 11) is 3.50. The van der Waals surface area contributed by atoms with Crippen molar-refractivity contribution in [2.75, 3.05) is 6.26 Å². The van der Waals surface area contributed by atoms with Crippen LogP contribution >= 0.6 is 34.2 Å². The molecule has 2 atom stereocenters. The van der Waals surface area contributed by atoms with Gasteiger partial charge in [0.25, 0.3) is 0 Å². The van der Waals surface area contributed by atoms with Gasteiger partial charge in [-0.3, -0.25) is 0 Å². The van der Waals surface area contributed by atoms with Gasteiger partial charge in [0.2, 0.25) is 0 Å². The topological polar surface area (TPSA) is 26.3 Å². The van der Waals surface area contributed by atoms with Gasteiger partial charge in [-0.1, -0.05) is 59.3 Å². The van der Waals surface area contributed by atoms with E-state index in [1.807, 2.05) is 19.1 Å². The molecular weight excluding hydrogens is 284 g/mol. The maximum Gasteiger partial charge on any atom is 0.364 e. The molecule has 0 aliphatic carbocycles. The van der Waals surface area contributed by atoms with E-state index in [9.17, 15) is 4.79 Å². The maximum atomic E-state index is 10.8. The highest BCUT2D eigenvalue weighted by molar-refractivity contribution is 8.76. The molecule has 0 saturated heterocycles. The van der Waals surface area contributed by atoms with Gasteiger partial charge in [0, 0.05) is 4.90 Å². The third kappa shape index (κ3) is 5.16. The molecule has 0 fully saturated rings. The molecule has 0 aliphatic heterocycles. The first kappa shape index (κ1) is 15.8. The largest absolute Gasteiger partial charge is 0.455 e. The van der Waals surface area contributed by atoms with E-state index in [-0.39, 0.29) is 6.10 Å². The summed E-state index contributed by atoms with van der Waals surface area (Å²) in [5, 5.41) is -0.513. The van der Waals surface area contributed by atoms with Crippen molar-refractivity contribution < 1.29 is 9.53 Å². The monoisotopic (exact) mass is 302 g/mol. The van der Waals surface area contributed by atoms with Crippen LogP contribution in [0.1, 0.15) is 31.7 Å². The maximum absolute atomic E-state index is 10.8. The Bertz CT molecular complexity index is 396. The number of hydrogen-bond acceptors (Lipinski definition) is 4. The van der Waals surface area contributed by atoms with Crippen LogP contribution in [0.3, 0.4) is 0 Å². The lowest BCUT2D eigenvalue weighted by atomic mass is 9.95. The number of carbonyl (C=O) groups is 1. The molecular formula is C13H18O2S3. The van der Waals surface area contributed by atoms with Gasteiger partial charge in [-0.25, -0.2) is 4.79 Å². The zero-order chi connectivity index (χ0) is 13.5. The Morgan fingerprint density at radius 1 is 1.39 bits per heavy atom. The van der Waals surface area contributed by atoms with Crippen LogP contribution in [0.15, 0.2) is 29.2 Å². The van der Waals surface area contributed by atoms with Gasteiger partial charge in [0.1, 0.15) is 6.10 Å². The van der Waals surface area contributed by atoms with Crippen molar-refractivity contribution >= 4 is 39.5 Å². The molecule has 0 spiro atoms. The van der Waals surface area contributed by atoms with E-state index in [2.05, 4.69) is 37.9 Å². The zero-order valence-electron chi connectivity index (χ0n) is 10.8. The van der Waals surface area contributed by atoms with E-state index in [1.54, 1.807) is 21.6 Å². The third-order valence-corrected chi connectivity index (χ3v) is 4.47. The molecule has 0 radical (unpaired) electrons. The molecule has 2 unspecified atom stereocenters. The molecule has 0 amide bonds. The van der Waals surface area contributed by atoms with Crippen LogP contribution in [0.2, 0.25) is 0 Å². The van der Waals surface area contributed by atoms with Crippen molar-refractivity contribution in [2.45, 2.75) is 37.2 Å². The Morgan fingerprint density at radius 2 is 2.06 bits per heavy atom. The number of ether oxygens (including phenoxy) is 1. The molecule has 1 aromatic carbocycles. The summed E-state index contributed by atoms with van der Waals surface area (Å²) in [5.74, 6) is 0.350. The van der Waals surface area contributed by atoms with E-state index in [4.69, 9.17) is 4.74 Å². The lowest BCUT2D eigenvalue weighted by Crippen LogP contribution is -2.13. The minimum Gasteiger partial charge on any atom is -0.455 e. The van der Waals surface area contributed by atoms with E-state index in [0.29, 0.717) is 5.92 Å². The zero-order valence-corrected chi connectivity index (χ0v) is 13.3. The number of carbonyl (C=O) groups excluding carboxylic acids is 1. The summed E-state index contributed by atoms with van der Waals surface area (Å²) in [6, 6.07) is 8.36. The molecule has 0 bridgehead atoms. The quantitative estimate of drug-likeness (QED) is 0.454. The van der Waals surface area contributed by atoms with E-state index >= 15 is 0 Å². The van der Waals surface area contributed by atoms with Gasteiger partial charge in [-0.15, -0.1) is 0 Å². The molecule has 2 nitrogen and oxygen atoms in total. The second-order valence-corrected chi connectivity index (χ2v) is 6.92. The highest BCUT2D eigenvalue weighted by Gasteiger charge is 2.15. The van der Waals surface area contributed by atoms with Crippen molar-refractivity contribution in [3.63, 3.8) is 0 Å². The average molecular weight is 302 g/mol. The van der Waals surface area contributed by atoms with Gasteiger partial charge < -0.3 is 4.74 Å². The Labute approximate surface area is 122 Å². The van der Waals surface area contributed by atoms with Crippen LogP contribution in [0, 0.1) is 0 Å². The Balaban J connectivity index is 2.71. The van der Waals surface area contributed by atoms with Crippen LogP contribution in [-0.4, -0.2) is 17.7 Å². The molecule has 1 rings (SSSR count). The molecule has 0 aliphatic rings. The molecule has 0 heterocycles. The number of rotatable bonds is 6. The Kier molecular flexibility index (Phi) is 7.04. The predicted molar refractivity (Wildman–Crippen MR) is 83.8 cm³/mol. The van der Waals surface area contributed by atoms with Crippen molar-refractivity contribution in [2.24, 2.45) is 0 Å². The van der Waals surface area contributed by atoms with Gasteiger partial charge in [0.05, 0.1) is 0 Å². The van der Waals surface area contributed by atoms with E-state index in [1.165, 1.54) is 10.5 Å². The van der Waals surface area contributed by atoms with Crippen molar-refractivity contribution in [1.82, 2.24) is 0 Å². The highest BCUT2D eigenvalue weighted by atomic mass is 33.1. The SMILES string of the molecule is CSSc1ccccc1C(C)CC(C)OC(=O)S. The summed E-state index contributed by atoms with van der Waals surface area (Å²) in [4.78, 5) is 12.1. The number of benzene rings is 1. The van der Waals surface area contributed by atoms with Crippen molar-refractivity contribution in [3.05, 3.63) is 29.8 Å². The molecule has 18 heavy (non-hydrogen) atoms. The molecule has 0 aromatic heterocycles. The summed E-state index contributed by atoms with van der Waals surface area (Å²) >= 11 is 3.63. The summed E-state index contributed by atoms with van der Waals surface area (Å²) < 4.78 is 5.06. The summed E-state index contributed by atoms with van der Waals surface area (Å²) in [5.41, 5.74) is 1.30. The summed E-state index contributed by atoms with van der Waals surface area (Å²) in [6.07, 6.45) is 2.76. The van der Waals surface area contributed by atoms with Gasteiger partial charge in [0.15, 0.2) is 0 Å². The Hall–Kier alpha value is -0.260. The first-order valence-electron chi connectivity index (χ1n) is 5.73. The fourth-order valence-corrected chi connectivity index (χ4v) is 3.75. The fraction of sp³-hybridized carbons (Fsp3) is 0.462. The van der Waals surface area contributed by atoms with E-state index < -0.39 is 5.30 Å². The van der Waals surface area contributed by atoms with Crippen LogP contribution in [0.25, 0.3) is 0 Å². The lowest BCUT2D eigenvalue weighted by molar-refractivity contribution is 0.124. The highest BCUT2D eigenvalue weighted by Crippen LogP contribution is 2.36. The van der Waals surface area contributed by atoms with E-state index in [0.717, 1.165) is 6.42 Å². The van der Waals surface area contributed by atoms with Crippen molar-refractivity contribution in [1.29, 1.82) is 0 Å². The standard InChI is InChI=1S/C13H18O2S3/c1-9(8-10(2)15-13(14)16)11-6-4-5-7-12(11)18-17-3/h4-7,9-10H,8H2,1-3H3,(H,14,16). The second-order valence-electron chi connectivity index (χ2n) is 4.12. The van der Waals surface area contributed by atoms with Crippen LogP contribution in [0.5, 0.6) is 0 Å².